The van der Waals surface area contributed by atoms with Crippen molar-refractivity contribution in [3.05, 3.63) is 67.0 Å². The third-order valence-electron chi connectivity index (χ3n) is 3.94. The van der Waals surface area contributed by atoms with Crippen molar-refractivity contribution in [2.45, 2.75) is 6.92 Å². The Bertz CT molecular complexity index is 1090. The van der Waals surface area contributed by atoms with Gasteiger partial charge in [0.15, 0.2) is 0 Å². The topological polar surface area (TPSA) is 94.7 Å². The smallest absolute Gasteiger partial charge is 0.229 e. The quantitative estimate of drug-likeness (QED) is 0.424. The summed E-state index contributed by atoms with van der Waals surface area (Å²) in [7, 11) is 0. The van der Waals surface area contributed by atoms with Crippen LogP contribution in [0, 0.1) is 0 Å². The minimum absolute atomic E-state index is 0.101. The molecule has 0 aliphatic carbocycles. The molecule has 0 aliphatic heterocycles. The molecule has 2 heterocycles. The number of hydrogen-bond donors (Lipinski definition) is 4. The number of H-pyrrole nitrogens is 1. The Kier molecular flexibility index (Phi) is 4.40. The van der Waals surface area contributed by atoms with Crippen molar-refractivity contribution in [2.24, 2.45) is 0 Å². The predicted molar refractivity (Wildman–Crippen MR) is 108 cm³/mol. The Hall–Kier alpha value is -3.87. The first-order valence-electron chi connectivity index (χ1n) is 8.48. The molecule has 27 heavy (non-hydrogen) atoms. The molecule has 1 amide bonds. The van der Waals surface area contributed by atoms with Gasteiger partial charge in [0.2, 0.25) is 11.9 Å². The predicted octanol–water partition coefficient (Wildman–Crippen LogP) is 4.40. The molecule has 0 atom stereocenters. The summed E-state index contributed by atoms with van der Waals surface area (Å²) in [5.41, 5.74) is 3.61. The SMILES string of the molecule is CC(=O)Nc1ccc(Nc2nccc(Nc3ccc4[nH]ccc4c3)n2)cc1. The highest BCUT2D eigenvalue weighted by Gasteiger charge is 2.03. The fraction of sp³-hybridized carbons (Fsp3) is 0.0500. The minimum atomic E-state index is -0.101. The van der Waals surface area contributed by atoms with E-state index < -0.39 is 0 Å². The highest BCUT2D eigenvalue weighted by Crippen LogP contribution is 2.22. The molecule has 7 heteroatoms. The highest BCUT2D eigenvalue weighted by atomic mass is 16.1. The van der Waals surface area contributed by atoms with Gasteiger partial charge in [-0.1, -0.05) is 0 Å². The van der Waals surface area contributed by atoms with Crippen LogP contribution in [-0.2, 0) is 4.79 Å². The number of carbonyl (C=O) groups excluding carboxylic acids is 1. The second-order valence-corrected chi connectivity index (χ2v) is 6.05. The first kappa shape index (κ1) is 16.6. The van der Waals surface area contributed by atoms with E-state index in [9.17, 15) is 4.79 Å². The summed E-state index contributed by atoms with van der Waals surface area (Å²) < 4.78 is 0. The van der Waals surface area contributed by atoms with Crippen molar-refractivity contribution in [2.75, 3.05) is 16.0 Å². The molecule has 134 valence electrons. The van der Waals surface area contributed by atoms with Crippen LogP contribution in [0.15, 0.2) is 67.0 Å². The zero-order valence-electron chi connectivity index (χ0n) is 14.7. The number of aromatic nitrogens is 3. The second-order valence-electron chi connectivity index (χ2n) is 6.05. The van der Waals surface area contributed by atoms with Crippen LogP contribution in [0.3, 0.4) is 0 Å². The van der Waals surface area contributed by atoms with Crippen LogP contribution in [0.4, 0.5) is 28.8 Å². The van der Waals surface area contributed by atoms with Gasteiger partial charge >= 0.3 is 0 Å². The number of hydrogen-bond acceptors (Lipinski definition) is 5. The maximum absolute atomic E-state index is 11.1. The van der Waals surface area contributed by atoms with Gasteiger partial charge < -0.3 is 20.9 Å². The van der Waals surface area contributed by atoms with E-state index in [1.54, 1.807) is 6.20 Å². The van der Waals surface area contributed by atoms with Crippen LogP contribution in [-0.4, -0.2) is 20.9 Å². The number of nitrogens with zero attached hydrogens (tertiary/aromatic N) is 2. The molecule has 2 aromatic heterocycles. The number of rotatable bonds is 5. The van der Waals surface area contributed by atoms with Crippen molar-refractivity contribution in [1.29, 1.82) is 0 Å². The summed E-state index contributed by atoms with van der Waals surface area (Å²) in [5, 5.41) is 10.3. The van der Waals surface area contributed by atoms with Crippen molar-refractivity contribution < 1.29 is 4.79 Å². The van der Waals surface area contributed by atoms with E-state index in [2.05, 4.69) is 37.0 Å². The monoisotopic (exact) mass is 358 g/mol. The molecule has 4 rings (SSSR count). The maximum Gasteiger partial charge on any atom is 0.229 e. The summed E-state index contributed by atoms with van der Waals surface area (Å²) in [6.45, 7) is 1.48. The molecule has 4 aromatic rings. The van der Waals surface area contributed by atoms with Gasteiger partial charge in [0.25, 0.3) is 0 Å². The van der Waals surface area contributed by atoms with Gasteiger partial charge in [0.05, 0.1) is 0 Å². The molecule has 4 N–H and O–H groups in total. The van der Waals surface area contributed by atoms with Gasteiger partial charge in [-0.15, -0.1) is 0 Å². The van der Waals surface area contributed by atoms with E-state index in [0.717, 1.165) is 28.0 Å². The zero-order valence-corrected chi connectivity index (χ0v) is 14.7. The van der Waals surface area contributed by atoms with E-state index in [1.807, 2.05) is 54.7 Å². The molecule has 0 saturated heterocycles. The lowest BCUT2D eigenvalue weighted by Gasteiger charge is -2.09. The normalized spacial score (nSPS) is 10.6. The Labute approximate surface area is 155 Å². The van der Waals surface area contributed by atoms with Gasteiger partial charge in [-0.25, -0.2) is 4.98 Å². The van der Waals surface area contributed by atoms with Crippen LogP contribution < -0.4 is 16.0 Å². The van der Waals surface area contributed by atoms with Crippen LogP contribution in [0.25, 0.3) is 10.9 Å². The van der Waals surface area contributed by atoms with Crippen LogP contribution in [0.5, 0.6) is 0 Å². The molecule has 0 fully saturated rings. The standard InChI is InChI=1S/C20H18N6O/c1-13(27)23-15-2-4-16(5-3-15)25-20-22-11-9-19(26-20)24-17-6-7-18-14(12-17)8-10-21-18/h2-12,21H,1H3,(H,23,27)(H2,22,24,25,26). The van der Waals surface area contributed by atoms with Crippen LogP contribution in [0.2, 0.25) is 0 Å². The van der Waals surface area contributed by atoms with Crippen molar-refractivity contribution in [3.63, 3.8) is 0 Å². The molecule has 0 saturated carbocycles. The van der Waals surface area contributed by atoms with E-state index in [0.29, 0.717) is 11.8 Å². The number of nitrogens with one attached hydrogen (secondary N) is 4. The average Bonchev–Trinajstić information content (AvgIpc) is 3.11. The summed E-state index contributed by atoms with van der Waals surface area (Å²) in [5.74, 6) is 1.07. The largest absolute Gasteiger partial charge is 0.361 e. The molecule has 2 aromatic carbocycles. The van der Waals surface area contributed by atoms with Crippen molar-refractivity contribution in [1.82, 2.24) is 15.0 Å². The third-order valence-corrected chi connectivity index (χ3v) is 3.94. The number of carbonyl (C=O) groups is 1. The fourth-order valence-corrected chi connectivity index (χ4v) is 2.74. The summed E-state index contributed by atoms with van der Waals surface area (Å²) >= 11 is 0. The molecule has 0 bridgehead atoms. The number of aromatic amines is 1. The molecule has 0 unspecified atom stereocenters. The molecule has 7 nitrogen and oxygen atoms in total. The fourth-order valence-electron chi connectivity index (χ4n) is 2.74. The first-order chi connectivity index (χ1) is 13.2. The molecule has 0 radical (unpaired) electrons. The zero-order chi connectivity index (χ0) is 18.6. The lowest BCUT2D eigenvalue weighted by atomic mass is 10.2. The average molecular weight is 358 g/mol. The van der Waals surface area contributed by atoms with Gasteiger partial charge in [-0.05, 0) is 54.6 Å². The van der Waals surface area contributed by atoms with Crippen molar-refractivity contribution in [3.8, 4) is 0 Å². The van der Waals surface area contributed by atoms with Crippen LogP contribution >= 0.6 is 0 Å². The molecular formula is C20H18N6O. The van der Waals surface area contributed by atoms with Gasteiger partial charge in [-0.2, -0.15) is 4.98 Å². The van der Waals surface area contributed by atoms with Gasteiger partial charge in [0, 0.05) is 47.3 Å². The number of amides is 1. The maximum atomic E-state index is 11.1. The second kappa shape index (κ2) is 7.17. The summed E-state index contributed by atoms with van der Waals surface area (Å²) in [6.07, 6.45) is 3.61. The van der Waals surface area contributed by atoms with Gasteiger partial charge in [-0.3, -0.25) is 4.79 Å². The lowest BCUT2D eigenvalue weighted by molar-refractivity contribution is -0.114. The number of fused-ring (bicyclic) bond motifs is 1. The van der Waals surface area contributed by atoms with Crippen molar-refractivity contribution >= 4 is 45.6 Å². The van der Waals surface area contributed by atoms with E-state index in [4.69, 9.17) is 0 Å². The number of benzene rings is 2. The Morgan fingerprint density at radius 3 is 2.52 bits per heavy atom. The molecule has 0 aliphatic rings. The Balaban J connectivity index is 1.47. The first-order valence-corrected chi connectivity index (χ1v) is 8.48. The van der Waals surface area contributed by atoms with E-state index in [-0.39, 0.29) is 5.91 Å². The number of anilines is 5. The lowest BCUT2D eigenvalue weighted by Crippen LogP contribution is -2.05. The Morgan fingerprint density at radius 2 is 1.70 bits per heavy atom. The van der Waals surface area contributed by atoms with Crippen LogP contribution in [0.1, 0.15) is 6.92 Å². The summed E-state index contributed by atoms with van der Waals surface area (Å²) in [6, 6.07) is 17.3. The highest BCUT2D eigenvalue weighted by molar-refractivity contribution is 5.88. The minimum Gasteiger partial charge on any atom is -0.361 e. The molecular weight excluding hydrogens is 340 g/mol. The summed E-state index contributed by atoms with van der Waals surface area (Å²) in [4.78, 5) is 23.0. The van der Waals surface area contributed by atoms with E-state index >= 15 is 0 Å². The van der Waals surface area contributed by atoms with E-state index in [1.165, 1.54) is 6.92 Å². The van der Waals surface area contributed by atoms with Gasteiger partial charge in [0.1, 0.15) is 5.82 Å². The third kappa shape index (κ3) is 4.04. The Morgan fingerprint density at radius 1 is 0.926 bits per heavy atom. The molecule has 0 spiro atoms.